The van der Waals surface area contributed by atoms with Gasteiger partial charge in [0, 0.05) is 0 Å². The smallest absolute Gasteiger partial charge is 0.161 e. The molecule has 0 saturated heterocycles. The lowest BCUT2D eigenvalue weighted by molar-refractivity contribution is 0.348. The number of benzene rings is 1. The van der Waals surface area contributed by atoms with Crippen LogP contribution in [0.1, 0.15) is 18.4 Å². The highest BCUT2D eigenvalue weighted by Gasteiger charge is 2.19. The molecule has 0 spiro atoms. The van der Waals surface area contributed by atoms with Gasteiger partial charge < -0.3 is 14.6 Å². The van der Waals surface area contributed by atoms with E-state index >= 15 is 0 Å². The fourth-order valence-electron chi connectivity index (χ4n) is 1.80. The highest BCUT2D eigenvalue weighted by molar-refractivity contribution is 5.73. The SMILES string of the molecule is COc1ccc(C(CO)=C2CC2)cc1OC. The second-order valence-corrected chi connectivity index (χ2v) is 3.81. The van der Waals surface area contributed by atoms with E-state index in [1.165, 1.54) is 5.57 Å². The van der Waals surface area contributed by atoms with Crippen molar-refractivity contribution in [3.8, 4) is 11.5 Å². The Labute approximate surface area is 95.3 Å². The summed E-state index contributed by atoms with van der Waals surface area (Å²) in [7, 11) is 3.23. The molecule has 1 aliphatic carbocycles. The largest absolute Gasteiger partial charge is 0.493 e. The van der Waals surface area contributed by atoms with E-state index in [0.717, 1.165) is 24.0 Å². The lowest BCUT2D eigenvalue weighted by Gasteiger charge is -2.10. The van der Waals surface area contributed by atoms with E-state index in [2.05, 4.69) is 0 Å². The number of aliphatic hydroxyl groups is 1. The molecular weight excluding hydrogens is 204 g/mol. The molecule has 1 aliphatic rings. The van der Waals surface area contributed by atoms with Gasteiger partial charge in [0.15, 0.2) is 11.5 Å². The zero-order valence-corrected chi connectivity index (χ0v) is 9.62. The van der Waals surface area contributed by atoms with Gasteiger partial charge in [-0.05, 0) is 36.1 Å². The van der Waals surface area contributed by atoms with Crippen LogP contribution in [0.15, 0.2) is 23.8 Å². The average molecular weight is 220 g/mol. The Morgan fingerprint density at radius 3 is 2.38 bits per heavy atom. The maximum Gasteiger partial charge on any atom is 0.161 e. The molecule has 0 radical (unpaired) electrons. The zero-order valence-electron chi connectivity index (χ0n) is 9.62. The van der Waals surface area contributed by atoms with E-state index in [1.54, 1.807) is 14.2 Å². The Hall–Kier alpha value is -1.48. The highest BCUT2D eigenvalue weighted by Crippen LogP contribution is 2.38. The van der Waals surface area contributed by atoms with Crippen LogP contribution in [0.3, 0.4) is 0 Å². The Morgan fingerprint density at radius 2 is 1.88 bits per heavy atom. The van der Waals surface area contributed by atoms with Gasteiger partial charge in [-0.3, -0.25) is 0 Å². The second kappa shape index (κ2) is 4.58. The average Bonchev–Trinajstić information content (AvgIpc) is 3.14. The van der Waals surface area contributed by atoms with E-state index in [0.29, 0.717) is 11.5 Å². The standard InChI is InChI=1S/C13H16O3/c1-15-12-6-5-10(7-13(12)16-2)11(8-14)9-3-4-9/h5-7,14H,3-4,8H2,1-2H3. The molecule has 0 atom stereocenters. The summed E-state index contributed by atoms with van der Waals surface area (Å²) in [6, 6.07) is 5.74. The molecule has 0 aromatic heterocycles. The summed E-state index contributed by atoms with van der Waals surface area (Å²) >= 11 is 0. The van der Waals surface area contributed by atoms with Crippen LogP contribution in [0.25, 0.3) is 5.57 Å². The number of ether oxygens (including phenoxy) is 2. The topological polar surface area (TPSA) is 38.7 Å². The molecule has 0 aliphatic heterocycles. The molecule has 1 aromatic rings. The summed E-state index contributed by atoms with van der Waals surface area (Å²) in [5, 5.41) is 9.35. The summed E-state index contributed by atoms with van der Waals surface area (Å²) in [5.41, 5.74) is 3.39. The monoisotopic (exact) mass is 220 g/mol. The van der Waals surface area contributed by atoms with Gasteiger partial charge in [0.05, 0.1) is 20.8 Å². The van der Waals surface area contributed by atoms with Crippen LogP contribution < -0.4 is 9.47 Å². The fraction of sp³-hybridized carbons (Fsp3) is 0.385. The Kier molecular flexibility index (Phi) is 3.15. The first-order valence-corrected chi connectivity index (χ1v) is 5.34. The van der Waals surface area contributed by atoms with Gasteiger partial charge in [-0.15, -0.1) is 0 Å². The lowest BCUT2D eigenvalue weighted by Crippen LogP contribution is -1.95. The van der Waals surface area contributed by atoms with Gasteiger partial charge in [0.25, 0.3) is 0 Å². The van der Waals surface area contributed by atoms with Crippen LogP contribution in [-0.2, 0) is 0 Å². The molecule has 3 nitrogen and oxygen atoms in total. The van der Waals surface area contributed by atoms with Crippen LogP contribution in [0, 0.1) is 0 Å². The summed E-state index contributed by atoms with van der Waals surface area (Å²) in [5.74, 6) is 1.41. The van der Waals surface area contributed by atoms with Crippen molar-refractivity contribution in [2.24, 2.45) is 0 Å². The molecule has 0 heterocycles. The van der Waals surface area contributed by atoms with Crippen molar-refractivity contribution in [2.75, 3.05) is 20.8 Å². The van der Waals surface area contributed by atoms with Crippen molar-refractivity contribution < 1.29 is 14.6 Å². The molecule has 1 fully saturated rings. The molecule has 1 N–H and O–H groups in total. The number of hydrogen-bond donors (Lipinski definition) is 1. The van der Waals surface area contributed by atoms with E-state index < -0.39 is 0 Å². The number of hydrogen-bond acceptors (Lipinski definition) is 3. The first kappa shape index (κ1) is 11.0. The molecule has 0 amide bonds. The van der Waals surface area contributed by atoms with Crippen molar-refractivity contribution in [3.63, 3.8) is 0 Å². The first-order chi connectivity index (χ1) is 7.80. The zero-order chi connectivity index (χ0) is 11.5. The van der Waals surface area contributed by atoms with E-state index in [1.807, 2.05) is 18.2 Å². The third-order valence-corrected chi connectivity index (χ3v) is 2.82. The van der Waals surface area contributed by atoms with E-state index in [4.69, 9.17) is 9.47 Å². The van der Waals surface area contributed by atoms with Gasteiger partial charge in [-0.1, -0.05) is 11.6 Å². The molecule has 86 valence electrons. The maximum atomic E-state index is 9.35. The molecule has 16 heavy (non-hydrogen) atoms. The third-order valence-electron chi connectivity index (χ3n) is 2.82. The Bertz CT molecular complexity index is 415. The van der Waals surface area contributed by atoms with Crippen molar-refractivity contribution in [1.82, 2.24) is 0 Å². The predicted octanol–water partition coefficient (Wildman–Crippen LogP) is 2.24. The normalized spacial score (nSPS) is 13.6. The van der Waals surface area contributed by atoms with Gasteiger partial charge in [0.1, 0.15) is 0 Å². The molecule has 0 unspecified atom stereocenters. The van der Waals surface area contributed by atoms with Gasteiger partial charge in [0.2, 0.25) is 0 Å². The number of allylic oxidation sites excluding steroid dienone is 1. The Balaban J connectivity index is 2.39. The van der Waals surface area contributed by atoms with Gasteiger partial charge >= 0.3 is 0 Å². The van der Waals surface area contributed by atoms with Crippen molar-refractivity contribution >= 4 is 5.57 Å². The van der Waals surface area contributed by atoms with Gasteiger partial charge in [-0.25, -0.2) is 0 Å². The fourth-order valence-corrected chi connectivity index (χ4v) is 1.80. The quantitative estimate of drug-likeness (QED) is 0.845. The lowest BCUT2D eigenvalue weighted by atomic mass is 10.1. The number of methoxy groups -OCH3 is 2. The van der Waals surface area contributed by atoms with Crippen molar-refractivity contribution in [2.45, 2.75) is 12.8 Å². The van der Waals surface area contributed by atoms with Crippen LogP contribution >= 0.6 is 0 Å². The molecule has 2 rings (SSSR count). The van der Waals surface area contributed by atoms with Crippen molar-refractivity contribution in [3.05, 3.63) is 29.3 Å². The van der Waals surface area contributed by atoms with E-state index in [-0.39, 0.29) is 6.61 Å². The minimum atomic E-state index is 0.0881. The highest BCUT2D eigenvalue weighted by atomic mass is 16.5. The predicted molar refractivity (Wildman–Crippen MR) is 62.8 cm³/mol. The second-order valence-electron chi connectivity index (χ2n) is 3.81. The molecule has 0 bridgehead atoms. The minimum Gasteiger partial charge on any atom is -0.493 e. The summed E-state index contributed by atoms with van der Waals surface area (Å²) < 4.78 is 10.4. The molecule has 3 heteroatoms. The minimum absolute atomic E-state index is 0.0881. The van der Waals surface area contributed by atoms with E-state index in [9.17, 15) is 5.11 Å². The van der Waals surface area contributed by atoms with Crippen molar-refractivity contribution in [1.29, 1.82) is 0 Å². The van der Waals surface area contributed by atoms with Crippen LogP contribution in [0.5, 0.6) is 11.5 Å². The number of aliphatic hydroxyl groups excluding tert-OH is 1. The first-order valence-electron chi connectivity index (χ1n) is 5.34. The molecular formula is C13H16O3. The van der Waals surface area contributed by atoms with Crippen LogP contribution in [0.4, 0.5) is 0 Å². The maximum absolute atomic E-state index is 9.35. The summed E-state index contributed by atoms with van der Waals surface area (Å²) in [6.45, 7) is 0.0881. The summed E-state index contributed by atoms with van der Waals surface area (Å²) in [4.78, 5) is 0. The third kappa shape index (κ3) is 2.04. The van der Waals surface area contributed by atoms with Crippen LogP contribution in [0.2, 0.25) is 0 Å². The van der Waals surface area contributed by atoms with Crippen LogP contribution in [-0.4, -0.2) is 25.9 Å². The number of rotatable bonds is 4. The molecule has 1 aromatic carbocycles. The van der Waals surface area contributed by atoms with Gasteiger partial charge in [-0.2, -0.15) is 0 Å². The summed E-state index contributed by atoms with van der Waals surface area (Å²) in [6.07, 6.45) is 2.20. The molecule has 1 saturated carbocycles. The Morgan fingerprint density at radius 1 is 1.19 bits per heavy atom.